The minimum absolute atomic E-state index is 0.193. The summed E-state index contributed by atoms with van der Waals surface area (Å²) in [5.74, 6) is 4.96. The first-order valence-electron chi connectivity index (χ1n) is 8.41. The Hall–Kier alpha value is -3.54. The Morgan fingerprint density at radius 1 is 1.14 bits per heavy atom. The summed E-state index contributed by atoms with van der Waals surface area (Å²) >= 11 is 0. The summed E-state index contributed by atoms with van der Waals surface area (Å²) in [5, 5.41) is 20.6. The highest BCUT2D eigenvalue weighted by molar-refractivity contribution is 5.97. The van der Waals surface area contributed by atoms with Crippen LogP contribution < -0.4 is 21.3 Å². The Bertz CT molecular complexity index is 867. The molecule has 0 aliphatic heterocycles. The molecule has 8 nitrogen and oxygen atoms in total. The van der Waals surface area contributed by atoms with Gasteiger partial charge in [0.25, 0.3) is 11.8 Å². The van der Waals surface area contributed by atoms with Crippen LogP contribution in [0.25, 0.3) is 0 Å². The van der Waals surface area contributed by atoms with Crippen LogP contribution in [0.5, 0.6) is 5.75 Å². The van der Waals surface area contributed by atoms with Gasteiger partial charge in [-0.2, -0.15) is 0 Å². The maximum atomic E-state index is 12.2. The van der Waals surface area contributed by atoms with Crippen molar-refractivity contribution >= 4 is 17.5 Å². The van der Waals surface area contributed by atoms with Crippen LogP contribution in [-0.4, -0.2) is 40.9 Å². The Morgan fingerprint density at radius 2 is 1.79 bits per heavy atom. The maximum Gasteiger partial charge on any atom is 0.268 e. The van der Waals surface area contributed by atoms with Gasteiger partial charge in [0, 0.05) is 16.8 Å². The number of carbonyl (C=O) groups excluding carboxylic acids is 2. The second kappa shape index (κ2) is 9.97. The van der Waals surface area contributed by atoms with Crippen molar-refractivity contribution in [2.75, 3.05) is 12.3 Å². The van der Waals surface area contributed by atoms with Gasteiger partial charge in [0.15, 0.2) is 0 Å². The average molecular weight is 383 g/mol. The van der Waals surface area contributed by atoms with Gasteiger partial charge >= 0.3 is 0 Å². The second-order valence-electron chi connectivity index (χ2n) is 5.90. The van der Waals surface area contributed by atoms with Crippen molar-refractivity contribution in [2.24, 2.45) is 0 Å². The van der Waals surface area contributed by atoms with Gasteiger partial charge in [-0.15, -0.1) is 0 Å². The molecule has 0 aliphatic rings. The van der Waals surface area contributed by atoms with Crippen molar-refractivity contribution in [3.63, 3.8) is 0 Å². The number of carbonyl (C=O) groups is 2. The van der Waals surface area contributed by atoms with E-state index in [1.54, 1.807) is 36.4 Å². The zero-order valence-electron chi connectivity index (χ0n) is 15.2. The zero-order chi connectivity index (χ0) is 20.5. The lowest BCUT2D eigenvalue weighted by Gasteiger charge is -2.19. The largest absolute Gasteiger partial charge is 0.481 e. The highest BCUT2D eigenvalue weighted by Gasteiger charge is 2.25. The van der Waals surface area contributed by atoms with Crippen LogP contribution in [0.3, 0.4) is 0 Å². The number of nitrogens with one attached hydrogen (secondary N) is 2. The number of nitrogens with two attached hydrogens (primary N) is 1. The molecule has 2 atom stereocenters. The third kappa shape index (κ3) is 6.02. The number of aliphatic hydroxyl groups is 1. The Labute approximate surface area is 162 Å². The molecule has 2 unspecified atom stereocenters. The molecule has 0 saturated heterocycles. The number of anilines is 1. The van der Waals surface area contributed by atoms with Crippen LogP contribution in [0.2, 0.25) is 0 Å². The number of hydrogen-bond acceptors (Lipinski definition) is 6. The quantitative estimate of drug-likeness (QED) is 0.216. The van der Waals surface area contributed by atoms with E-state index in [1.165, 1.54) is 24.5 Å². The van der Waals surface area contributed by atoms with Gasteiger partial charge in [0.2, 0.25) is 0 Å². The highest BCUT2D eigenvalue weighted by atomic mass is 16.5. The molecular weight excluding hydrogens is 362 g/mol. The van der Waals surface area contributed by atoms with Crippen molar-refractivity contribution < 1.29 is 24.6 Å². The predicted molar refractivity (Wildman–Crippen MR) is 103 cm³/mol. The molecule has 0 radical (unpaired) electrons. The van der Waals surface area contributed by atoms with E-state index in [-0.39, 0.29) is 12.2 Å². The SMILES string of the molecule is CC(O)C(NC(=O)c1ccc(C#CCOc2ccc(N)cc2)cc1)C(=O)NO. The first kappa shape index (κ1) is 20.8. The maximum absolute atomic E-state index is 12.2. The number of amides is 2. The van der Waals surface area contributed by atoms with Crippen molar-refractivity contribution in [2.45, 2.75) is 19.1 Å². The fraction of sp³-hybridized carbons (Fsp3) is 0.200. The molecule has 0 aromatic heterocycles. The molecule has 2 aromatic carbocycles. The fourth-order valence-corrected chi connectivity index (χ4v) is 2.23. The standard InChI is InChI=1S/C20H21N3O5/c1-13(24)18(20(26)23-27)22-19(25)15-6-4-14(5-7-15)3-2-12-28-17-10-8-16(21)9-11-17/h4-11,13,18,24,27H,12,21H2,1H3,(H,22,25)(H,23,26). The van der Waals surface area contributed by atoms with Crippen molar-refractivity contribution in [1.29, 1.82) is 0 Å². The number of ether oxygens (including phenoxy) is 1. The fourth-order valence-electron chi connectivity index (χ4n) is 2.23. The van der Waals surface area contributed by atoms with Gasteiger partial charge in [0.1, 0.15) is 18.4 Å². The lowest BCUT2D eigenvalue weighted by molar-refractivity contribution is -0.133. The van der Waals surface area contributed by atoms with Crippen LogP contribution in [0.15, 0.2) is 48.5 Å². The summed E-state index contributed by atoms with van der Waals surface area (Å²) in [6, 6.07) is 12.1. The minimum atomic E-state index is -1.28. The third-order valence-electron chi connectivity index (χ3n) is 3.73. The van der Waals surface area contributed by atoms with E-state index >= 15 is 0 Å². The summed E-state index contributed by atoms with van der Waals surface area (Å²) in [6.45, 7) is 1.52. The van der Waals surface area contributed by atoms with E-state index in [9.17, 15) is 14.7 Å². The number of rotatable bonds is 6. The van der Waals surface area contributed by atoms with Crippen molar-refractivity contribution in [1.82, 2.24) is 10.8 Å². The monoisotopic (exact) mass is 383 g/mol. The summed E-state index contributed by atoms with van der Waals surface area (Å²) in [4.78, 5) is 23.7. The van der Waals surface area contributed by atoms with Gasteiger partial charge in [-0.05, 0) is 55.5 Å². The molecule has 2 amide bonds. The molecule has 0 saturated carbocycles. The molecule has 146 valence electrons. The Kier molecular flexibility index (Phi) is 7.39. The van der Waals surface area contributed by atoms with E-state index in [0.717, 1.165) is 0 Å². The predicted octanol–water partition coefficient (Wildman–Crippen LogP) is 0.684. The van der Waals surface area contributed by atoms with Crippen molar-refractivity contribution in [3.05, 3.63) is 59.7 Å². The zero-order valence-corrected chi connectivity index (χ0v) is 15.2. The first-order chi connectivity index (χ1) is 13.4. The van der Waals surface area contributed by atoms with Crippen LogP contribution in [0.4, 0.5) is 5.69 Å². The van der Waals surface area contributed by atoms with Gasteiger partial charge < -0.3 is 20.9 Å². The van der Waals surface area contributed by atoms with E-state index in [4.69, 9.17) is 15.7 Å². The second-order valence-corrected chi connectivity index (χ2v) is 5.90. The summed E-state index contributed by atoms with van der Waals surface area (Å²) in [7, 11) is 0. The number of hydrogen-bond donors (Lipinski definition) is 5. The summed E-state index contributed by atoms with van der Waals surface area (Å²) < 4.78 is 5.47. The van der Waals surface area contributed by atoms with E-state index in [0.29, 0.717) is 17.0 Å². The van der Waals surface area contributed by atoms with E-state index < -0.39 is 24.0 Å². The minimum Gasteiger partial charge on any atom is -0.481 e. The molecule has 8 heteroatoms. The topological polar surface area (TPSA) is 134 Å². The van der Waals surface area contributed by atoms with Crippen LogP contribution >= 0.6 is 0 Å². The molecule has 0 fully saturated rings. The average Bonchev–Trinajstić information content (AvgIpc) is 2.70. The number of hydroxylamine groups is 1. The first-order valence-corrected chi connectivity index (χ1v) is 8.41. The highest BCUT2D eigenvalue weighted by Crippen LogP contribution is 2.12. The molecule has 28 heavy (non-hydrogen) atoms. The van der Waals surface area contributed by atoms with E-state index in [2.05, 4.69) is 17.2 Å². The van der Waals surface area contributed by atoms with E-state index in [1.807, 2.05) is 0 Å². The van der Waals surface area contributed by atoms with Gasteiger partial charge in [-0.25, -0.2) is 5.48 Å². The normalized spacial score (nSPS) is 12.1. The van der Waals surface area contributed by atoms with Crippen LogP contribution in [0, 0.1) is 11.8 Å². The number of benzene rings is 2. The molecule has 0 bridgehead atoms. The Morgan fingerprint density at radius 3 is 2.36 bits per heavy atom. The lowest BCUT2D eigenvalue weighted by Crippen LogP contribution is -2.51. The number of nitrogen functional groups attached to an aromatic ring is 1. The molecule has 0 spiro atoms. The number of aliphatic hydroxyl groups excluding tert-OH is 1. The Balaban J connectivity index is 1.93. The molecule has 0 aliphatic carbocycles. The molecular formula is C20H21N3O5. The van der Waals surface area contributed by atoms with Crippen LogP contribution in [-0.2, 0) is 4.79 Å². The summed E-state index contributed by atoms with van der Waals surface area (Å²) in [6.07, 6.45) is -1.18. The van der Waals surface area contributed by atoms with Crippen LogP contribution in [0.1, 0.15) is 22.8 Å². The smallest absolute Gasteiger partial charge is 0.268 e. The van der Waals surface area contributed by atoms with Gasteiger partial charge in [-0.3, -0.25) is 14.8 Å². The molecule has 6 N–H and O–H groups in total. The molecule has 2 rings (SSSR count). The summed E-state index contributed by atoms with van der Waals surface area (Å²) in [5.41, 5.74) is 8.61. The van der Waals surface area contributed by atoms with Crippen molar-refractivity contribution in [3.8, 4) is 17.6 Å². The molecule has 2 aromatic rings. The molecule has 0 heterocycles. The third-order valence-corrected chi connectivity index (χ3v) is 3.73. The van der Waals surface area contributed by atoms with Gasteiger partial charge in [-0.1, -0.05) is 11.8 Å². The lowest BCUT2D eigenvalue weighted by atomic mass is 10.1. The van der Waals surface area contributed by atoms with Gasteiger partial charge in [0.05, 0.1) is 6.10 Å².